The van der Waals surface area contributed by atoms with Crippen molar-refractivity contribution >= 4 is 23.5 Å². The minimum atomic E-state index is -0.0298. The topological polar surface area (TPSA) is 54.0 Å². The Bertz CT molecular complexity index is 423. The molecule has 1 aromatic heterocycles. The molecule has 0 aliphatic rings. The van der Waals surface area contributed by atoms with Gasteiger partial charge in [0.2, 0.25) is 0 Å². The third-order valence-corrected chi connectivity index (χ3v) is 3.53. The van der Waals surface area contributed by atoms with Crippen molar-refractivity contribution in [1.82, 2.24) is 10.3 Å². The fourth-order valence-electron chi connectivity index (χ4n) is 1.83. The molecule has 0 spiro atoms. The molecule has 1 unspecified atom stereocenters. The van der Waals surface area contributed by atoms with Gasteiger partial charge in [0.25, 0.3) is 5.91 Å². The molecule has 4 nitrogen and oxygen atoms in total. The number of amides is 1. The SMILES string of the molecule is CCCc1cc(C(=O)NC(C)CSC)cc(NC)n1. The van der Waals surface area contributed by atoms with Crippen molar-refractivity contribution < 1.29 is 4.79 Å². The van der Waals surface area contributed by atoms with E-state index in [0.717, 1.165) is 30.1 Å². The van der Waals surface area contributed by atoms with E-state index >= 15 is 0 Å². The first-order chi connectivity index (χ1) is 9.10. The van der Waals surface area contributed by atoms with Crippen molar-refractivity contribution in [3.8, 4) is 0 Å². The molecular formula is C14H23N3OS. The summed E-state index contributed by atoms with van der Waals surface area (Å²) in [5, 5.41) is 6.01. The number of carbonyl (C=O) groups is 1. The van der Waals surface area contributed by atoms with Crippen LogP contribution in [0, 0.1) is 0 Å². The Balaban J connectivity index is 2.85. The number of carbonyl (C=O) groups excluding carboxylic acids is 1. The molecular weight excluding hydrogens is 258 g/mol. The smallest absolute Gasteiger partial charge is 0.251 e. The van der Waals surface area contributed by atoms with Gasteiger partial charge in [-0.1, -0.05) is 13.3 Å². The standard InChI is InChI=1S/C14H23N3OS/c1-5-6-12-7-11(8-13(15-3)17-12)14(18)16-10(2)9-19-4/h7-8,10H,5-6,9H2,1-4H3,(H,15,17)(H,16,18). The normalized spacial score (nSPS) is 12.0. The van der Waals surface area contributed by atoms with Crippen LogP contribution in [0.15, 0.2) is 12.1 Å². The summed E-state index contributed by atoms with van der Waals surface area (Å²) in [6.45, 7) is 4.12. The van der Waals surface area contributed by atoms with Gasteiger partial charge in [-0.25, -0.2) is 4.98 Å². The zero-order valence-corrected chi connectivity index (χ0v) is 12.9. The number of aryl methyl sites for hydroxylation is 1. The van der Waals surface area contributed by atoms with Crippen molar-refractivity contribution in [2.75, 3.05) is 24.4 Å². The van der Waals surface area contributed by atoms with E-state index in [4.69, 9.17) is 0 Å². The lowest BCUT2D eigenvalue weighted by Gasteiger charge is -2.13. The van der Waals surface area contributed by atoms with Crippen LogP contribution >= 0.6 is 11.8 Å². The van der Waals surface area contributed by atoms with E-state index in [9.17, 15) is 4.79 Å². The zero-order chi connectivity index (χ0) is 14.3. The maximum Gasteiger partial charge on any atom is 0.251 e. The molecule has 19 heavy (non-hydrogen) atoms. The number of nitrogens with zero attached hydrogens (tertiary/aromatic N) is 1. The number of anilines is 1. The van der Waals surface area contributed by atoms with Crippen LogP contribution in [0.3, 0.4) is 0 Å². The van der Waals surface area contributed by atoms with Crippen LogP contribution in [0.2, 0.25) is 0 Å². The molecule has 106 valence electrons. The average Bonchev–Trinajstić information content (AvgIpc) is 2.38. The highest BCUT2D eigenvalue weighted by Gasteiger charge is 2.12. The van der Waals surface area contributed by atoms with E-state index < -0.39 is 0 Å². The molecule has 0 saturated heterocycles. The number of nitrogens with one attached hydrogen (secondary N) is 2. The van der Waals surface area contributed by atoms with E-state index in [1.165, 1.54) is 0 Å². The summed E-state index contributed by atoms with van der Waals surface area (Å²) in [6.07, 6.45) is 3.94. The summed E-state index contributed by atoms with van der Waals surface area (Å²) in [5.41, 5.74) is 1.63. The summed E-state index contributed by atoms with van der Waals surface area (Å²) < 4.78 is 0. The summed E-state index contributed by atoms with van der Waals surface area (Å²) >= 11 is 1.73. The number of thioether (sulfide) groups is 1. The van der Waals surface area contributed by atoms with Crippen molar-refractivity contribution in [2.45, 2.75) is 32.7 Å². The first-order valence-corrected chi connectivity index (χ1v) is 7.98. The van der Waals surface area contributed by atoms with Crippen LogP contribution in [0.25, 0.3) is 0 Å². The van der Waals surface area contributed by atoms with Gasteiger partial charge in [-0.15, -0.1) is 0 Å². The first-order valence-electron chi connectivity index (χ1n) is 6.59. The second kappa shape index (κ2) is 8.04. The molecule has 2 N–H and O–H groups in total. The fraction of sp³-hybridized carbons (Fsp3) is 0.571. The van der Waals surface area contributed by atoms with Crippen LogP contribution in [0.4, 0.5) is 5.82 Å². The Morgan fingerprint density at radius 1 is 1.47 bits per heavy atom. The molecule has 1 aromatic rings. The van der Waals surface area contributed by atoms with E-state index in [1.807, 2.05) is 26.3 Å². The maximum absolute atomic E-state index is 12.2. The van der Waals surface area contributed by atoms with Gasteiger partial charge in [-0.3, -0.25) is 4.79 Å². The van der Waals surface area contributed by atoms with Crippen molar-refractivity contribution in [2.24, 2.45) is 0 Å². The quantitative estimate of drug-likeness (QED) is 0.806. The van der Waals surface area contributed by atoms with Crippen LogP contribution in [-0.4, -0.2) is 36.0 Å². The largest absolute Gasteiger partial charge is 0.373 e. The van der Waals surface area contributed by atoms with Crippen molar-refractivity contribution in [3.05, 3.63) is 23.4 Å². The van der Waals surface area contributed by atoms with E-state index in [-0.39, 0.29) is 11.9 Å². The monoisotopic (exact) mass is 281 g/mol. The highest BCUT2D eigenvalue weighted by Crippen LogP contribution is 2.12. The Hall–Kier alpha value is -1.23. The molecule has 1 heterocycles. The summed E-state index contributed by atoms with van der Waals surface area (Å²) in [5.74, 6) is 1.63. The molecule has 0 aliphatic heterocycles. The molecule has 1 rings (SSSR count). The van der Waals surface area contributed by atoms with Gasteiger partial charge >= 0.3 is 0 Å². The highest BCUT2D eigenvalue weighted by atomic mass is 32.2. The minimum absolute atomic E-state index is 0.0298. The van der Waals surface area contributed by atoms with Crippen LogP contribution in [0.5, 0.6) is 0 Å². The molecule has 0 fully saturated rings. The molecule has 0 bridgehead atoms. The van der Waals surface area contributed by atoms with Crippen LogP contribution < -0.4 is 10.6 Å². The fourth-order valence-corrected chi connectivity index (χ4v) is 2.41. The lowest BCUT2D eigenvalue weighted by molar-refractivity contribution is 0.0943. The molecule has 1 amide bonds. The number of pyridine rings is 1. The predicted molar refractivity (Wildman–Crippen MR) is 83.1 cm³/mol. The summed E-state index contributed by atoms with van der Waals surface area (Å²) in [6, 6.07) is 3.84. The predicted octanol–water partition coefficient (Wildman–Crippen LogP) is 2.56. The Morgan fingerprint density at radius 2 is 2.21 bits per heavy atom. The Kier molecular flexibility index (Phi) is 6.70. The van der Waals surface area contributed by atoms with E-state index in [1.54, 1.807) is 17.8 Å². The molecule has 0 saturated carbocycles. The van der Waals surface area contributed by atoms with E-state index in [2.05, 4.69) is 22.5 Å². The van der Waals surface area contributed by atoms with Gasteiger partial charge in [0.15, 0.2) is 0 Å². The average molecular weight is 281 g/mol. The lowest BCUT2D eigenvalue weighted by Crippen LogP contribution is -2.34. The zero-order valence-electron chi connectivity index (χ0n) is 12.1. The molecule has 5 heteroatoms. The number of aromatic nitrogens is 1. The Morgan fingerprint density at radius 3 is 2.79 bits per heavy atom. The highest BCUT2D eigenvalue weighted by molar-refractivity contribution is 7.98. The molecule has 0 radical (unpaired) electrons. The van der Waals surface area contributed by atoms with Gasteiger partial charge in [0.05, 0.1) is 0 Å². The second-order valence-corrected chi connectivity index (χ2v) is 5.47. The van der Waals surface area contributed by atoms with Gasteiger partial charge < -0.3 is 10.6 Å². The second-order valence-electron chi connectivity index (χ2n) is 4.56. The van der Waals surface area contributed by atoms with E-state index in [0.29, 0.717) is 5.56 Å². The minimum Gasteiger partial charge on any atom is -0.373 e. The lowest BCUT2D eigenvalue weighted by atomic mass is 10.1. The van der Waals surface area contributed by atoms with Gasteiger partial charge in [0, 0.05) is 30.1 Å². The summed E-state index contributed by atoms with van der Waals surface area (Å²) in [4.78, 5) is 16.6. The molecule has 0 aromatic carbocycles. The van der Waals surface area contributed by atoms with Gasteiger partial charge in [0.1, 0.15) is 5.82 Å². The number of hydrogen-bond donors (Lipinski definition) is 2. The van der Waals surface area contributed by atoms with Crippen molar-refractivity contribution in [3.63, 3.8) is 0 Å². The Labute approximate surface area is 119 Å². The van der Waals surface area contributed by atoms with Crippen LogP contribution in [-0.2, 0) is 6.42 Å². The number of rotatable bonds is 7. The molecule has 0 aliphatic carbocycles. The third kappa shape index (κ3) is 5.11. The van der Waals surface area contributed by atoms with Crippen molar-refractivity contribution in [1.29, 1.82) is 0 Å². The molecule has 1 atom stereocenters. The maximum atomic E-state index is 12.2. The van der Waals surface area contributed by atoms with Crippen LogP contribution in [0.1, 0.15) is 36.3 Å². The number of hydrogen-bond acceptors (Lipinski definition) is 4. The first kappa shape index (κ1) is 15.8. The van der Waals surface area contributed by atoms with Gasteiger partial charge in [-0.2, -0.15) is 11.8 Å². The third-order valence-electron chi connectivity index (χ3n) is 2.70. The van der Waals surface area contributed by atoms with Gasteiger partial charge in [-0.05, 0) is 31.7 Å². The summed E-state index contributed by atoms with van der Waals surface area (Å²) in [7, 11) is 1.82.